The third kappa shape index (κ3) is 3.61. The predicted octanol–water partition coefficient (Wildman–Crippen LogP) is 4.07. The third-order valence-electron chi connectivity index (χ3n) is 5.48. The normalized spacial score (nSPS) is 15.3. The number of amides is 1. The Balaban J connectivity index is 1.40. The molecule has 1 N–H and O–H groups in total. The molecule has 30 heavy (non-hydrogen) atoms. The van der Waals surface area contributed by atoms with Crippen LogP contribution in [0.15, 0.2) is 50.5 Å². The van der Waals surface area contributed by atoms with Crippen molar-refractivity contribution in [1.82, 2.24) is 0 Å². The summed E-state index contributed by atoms with van der Waals surface area (Å²) in [4.78, 5) is 37.4. The quantitative estimate of drug-likeness (QED) is 0.507. The van der Waals surface area contributed by atoms with Gasteiger partial charge in [0.05, 0.1) is 11.3 Å². The topological polar surface area (TPSA) is 85.6 Å². The molecule has 1 aliphatic heterocycles. The molecule has 0 fully saturated rings. The molecule has 0 atom stereocenters. The Morgan fingerprint density at radius 3 is 2.77 bits per heavy atom. The van der Waals surface area contributed by atoms with Crippen LogP contribution in [0.4, 0.5) is 5.69 Å². The van der Waals surface area contributed by atoms with Gasteiger partial charge in [-0.15, -0.1) is 11.8 Å². The minimum absolute atomic E-state index is 0.0298. The van der Waals surface area contributed by atoms with E-state index in [4.69, 9.17) is 9.15 Å². The van der Waals surface area contributed by atoms with Gasteiger partial charge in [-0.05, 0) is 60.7 Å². The Morgan fingerprint density at radius 1 is 1.07 bits per heavy atom. The standard InChI is InChI=1S/C23H19NO5S/c25-21-6-7-30-20-5-4-15(9-18(20)24-21)23(27)28-12-16-11-22(26)29-19-10-14-3-1-2-13(14)8-17(16)19/h4-5,8-11H,1-3,6-7,12H2,(H,24,25). The van der Waals surface area contributed by atoms with Crippen LogP contribution in [0.3, 0.4) is 0 Å². The summed E-state index contributed by atoms with van der Waals surface area (Å²) in [7, 11) is 0. The van der Waals surface area contributed by atoms with Gasteiger partial charge in [0, 0.05) is 34.1 Å². The van der Waals surface area contributed by atoms with Crippen molar-refractivity contribution in [3.8, 4) is 0 Å². The Hall–Kier alpha value is -3.06. The summed E-state index contributed by atoms with van der Waals surface area (Å²) < 4.78 is 10.9. The fraction of sp³-hybridized carbons (Fsp3) is 0.261. The van der Waals surface area contributed by atoms with Gasteiger partial charge in [-0.2, -0.15) is 0 Å². The SMILES string of the molecule is O=C1CCSc2ccc(C(=O)OCc3cc(=O)oc4cc5c(cc34)CCC5)cc2N1. The summed E-state index contributed by atoms with van der Waals surface area (Å²) in [6.45, 7) is -0.0298. The number of ether oxygens (including phenoxy) is 1. The average molecular weight is 421 g/mol. The first-order valence-corrected chi connectivity index (χ1v) is 10.9. The Kier molecular flexibility index (Phi) is 4.83. The molecule has 0 bridgehead atoms. The number of carbonyl (C=O) groups excluding carboxylic acids is 2. The number of hydrogen-bond donors (Lipinski definition) is 1. The van der Waals surface area contributed by atoms with Gasteiger partial charge >= 0.3 is 11.6 Å². The second kappa shape index (κ2) is 7.65. The number of rotatable bonds is 3. The van der Waals surface area contributed by atoms with Crippen LogP contribution in [0.2, 0.25) is 0 Å². The number of thioether (sulfide) groups is 1. The lowest BCUT2D eigenvalue weighted by Crippen LogP contribution is -2.12. The summed E-state index contributed by atoms with van der Waals surface area (Å²) in [6.07, 6.45) is 3.52. The van der Waals surface area contributed by atoms with E-state index in [1.807, 2.05) is 18.2 Å². The zero-order chi connectivity index (χ0) is 20.7. The van der Waals surface area contributed by atoms with Gasteiger partial charge in [0.25, 0.3) is 0 Å². The van der Waals surface area contributed by atoms with Crippen LogP contribution < -0.4 is 10.9 Å². The molecule has 0 saturated heterocycles. The summed E-state index contributed by atoms with van der Waals surface area (Å²) in [6, 6.07) is 10.5. The van der Waals surface area contributed by atoms with Crippen molar-refractivity contribution in [1.29, 1.82) is 0 Å². The number of benzene rings is 2. The number of anilines is 1. The first kappa shape index (κ1) is 18.9. The van der Waals surface area contributed by atoms with Crippen LogP contribution in [0.25, 0.3) is 11.0 Å². The Bertz CT molecular complexity index is 1250. The van der Waals surface area contributed by atoms with E-state index >= 15 is 0 Å². The second-order valence-corrected chi connectivity index (χ2v) is 8.63. The smallest absolute Gasteiger partial charge is 0.338 e. The lowest BCUT2D eigenvalue weighted by atomic mass is 10.0. The Morgan fingerprint density at radius 2 is 1.90 bits per heavy atom. The molecule has 0 radical (unpaired) electrons. The van der Waals surface area contributed by atoms with Gasteiger partial charge in [-0.25, -0.2) is 9.59 Å². The molecule has 152 valence electrons. The summed E-state index contributed by atoms with van der Waals surface area (Å²) in [5, 5.41) is 3.63. The maximum absolute atomic E-state index is 12.6. The highest BCUT2D eigenvalue weighted by Crippen LogP contribution is 2.32. The molecule has 5 rings (SSSR count). The van der Waals surface area contributed by atoms with Crippen molar-refractivity contribution in [2.24, 2.45) is 0 Å². The molecule has 2 heterocycles. The van der Waals surface area contributed by atoms with Gasteiger partial charge in [-0.3, -0.25) is 4.79 Å². The molecule has 7 heteroatoms. The molecular formula is C23H19NO5S. The Labute approximate surface area is 176 Å². The van der Waals surface area contributed by atoms with Gasteiger partial charge < -0.3 is 14.5 Å². The number of aryl methyl sites for hydroxylation is 2. The van der Waals surface area contributed by atoms with Crippen LogP contribution in [0.5, 0.6) is 0 Å². The highest BCUT2D eigenvalue weighted by Gasteiger charge is 2.18. The largest absolute Gasteiger partial charge is 0.457 e. The van der Waals surface area contributed by atoms with E-state index in [0.29, 0.717) is 34.6 Å². The van der Waals surface area contributed by atoms with Crippen molar-refractivity contribution < 1.29 is 18.7 Å². The number of carbonyl (C=O) groups is 2. The van der Waals surface area contributed by atoms with Crippen molar-refractivity contribution in [2.75, 3.05) is 11.1 Å². The van der Waals surface area contributed by atoms with Gasteiger partial charge in [-0.1, -0.05) is 0 Å². The molecule has 1 aromatic heterocycles. The van der Waals surface area contributed by atoms with Crippen molar-refractivity contribution >= 4 is 40.3 Å². The molecular weight excluding hydrogens is 402 g/mol. The molecule has 0 saturated carbocycles. The minimum Gasteiger partial charge on any atom is -0.457 e. The van der Waals surface area contributed by atoms with Gasteiger partial charge in [0.15, 0.2) is 0 Å². The van der Waals surface area contributed by atoms with E-state index in [1.165, 1.54) is 17.2 Å². The van der Waals surface area contributed by atoms with Crippen LogP contribution in [0.1, 0.15) is 39.9 Å². The fourth-order valence-corrected chi connectivity index (χ4v) is 4.92. The molecule has 2 aliphatic rings. The highest BCUT2D eigenvalue weighted by atomic mass is 32.2. The first-order valence-electron chi connectivity index (χ1n) is 9.89. The van der Waals surface area contributed by atoms with Crippen molar-refractivity contribution in [3.63, 3.8) is 0 Å². The first-order chi connectivity index (χ1) is 14.6. The maximum atomic E-state index is 12.6. The van der Waals surface area contributed by atoms with E-state index in [1.54, 1.807) is 23.9 Å². The lowest BCUT2D eigenvalue weighted by molar-refractivity contribution is -0.115. The van der Waals surface area contributed by atoms with Crippen molar-refractivity contribution in [2.45, 2.75) is 37.2 Å². The summed E-state index contributed by atoms with van der Waals surface area (Å²) >= 11 is 1.58. The summed E-state index contributed by atoms with van der Waals surface area (Å²) in [5.41, 5.74) is 4.13. The van der Waals surface area contributed by atoms with Gasteiger partial charge in [0.1, 0.15) is 12.2 Å². The van der Waals surface area contributed by atoms with Crippen LogP contribution in [-0.4, -0.2) is 17.6 Å². The zero-order valence-corrected chi connectivity index (χ0v) is 17.0. The molecule has 2 aromatic carbocycles. The van der Waals surface area contributed by atoms with E-state index in [0.717, 1.165) is 29.5 Å². The number of hydrogen-bond acceptors (Lipinski definition) is 6. The number of fused-ring (bicyclic) bond motifs is 3. The van der Waals surface area contributed by atoms with Crippen LogP contribution >= 0.6 is 11.8 Å². The fourth-order valence-electron chi connectivity index (χ4n) is 3.99. The molecule has 6 nitrogen and oxygen atoms in total. The number of esters is 1. The van der Waals surface area contributed by atoms with Crippen LogP contribution in [-0.2, 0) is 29.0 Å². The number of nitrogens with one attached hydrogen (secondary N) is 1. The molecule has 1 amide bonds. The third-order valence-corrected chi connectivity index (χ3v) is 6.55. The highest BCUT2D eigenvalue weighted by molar-refractivity contribution is 7.99. The lowest BCUT2D eigenvalue weighted by Gasteiger charge is -2.11. The molecule has 0 unspecified atom stereocenters. The maximum Gasteiger partial charge on any atom is 0.338 e. The minimum atomic E-state index is -0.510. The summed E-state index contributed by atoms with van der Waals surface area (Å²) in [5.74, 6) is 0.126. The molecule has 3 aromatic rings. The monoisotopic (exact) mass is 421 g/mol. The van der Waals surface area contributed by atoms with E-state index in [2.05, 4.69) is 5.32 Å². The van der Waals surface area contributed by atoms with E-state index < -0.39 is 11.6 Å². The van der Waals surface area contributed by atoms with Crippen LogP contribution in [0, 0.1) is 0 Å². The van der Waals surface area contributed by atoms with E-state index in [9.17, 15) is 14.4 Å². The average Bonchev–Trinajstić information content (AvgIpc) is 3.09. The van der Waals surface area contributed by atoms with E-state index in [-0.39, 0.29) is 12.5 Å². The predicted molar refractivity (Wildman–Crippen MR) is 114 cm³/mol. The molecule has 0 spiro atoms. The second-order valence-electron chi connectivity index (χ2n) is 7.50. The zero-order valence-electron chi connectivity index (χ0n) is 16.2. The van der Waals surface area contributed by atoms with Crippen molar-refractivity contribution in [3.05, 3.63) is 69.1 Å². The molecule has 1 aliphatic carbocycles. The van der Waals surface area contributed by atoms with Gasteiger partial charge in [0.2, 0.25) is 5.91 Å².